The Kier molecular flexibility index (Phi) is 7.21. The number of carbonyl (C=O) groups is 2. The second-order valence-electron chi connectivity index (χ2n) is 6.09. The average Bonchev–Trinajstić information content (AvgIpc) is 3.42. The summed E-state index contributed by atoms with van der Waals surface area (Å²) in [5.41, 5.74) is 1.16. The molecular weight excluding hydrogens is 374 g/mol. The summed E-state index contributed by atoms with van der Waals surface area (Å²) in [6.07, 6.45) is 5.01. The van der Waals surface area contributed by atoms with Crippen LogP contribution in [0.15, 0.2) is 76.7 Å². The fourth-order valence-electron chi connectivity index (χ4n) is 2.60. The van der Waals surface area contributed by atoms with E-state index >= 15 is 0 Å². The summed E-state index contributed by atoms with van der Waals surface area (Å²) in [5.74, 6) is -0.251. The third kappa shape index (κ3) is 6.25. The van der Waals surface area contributed by atoms with Crippen LogP contribution < -0.4 is 0 Å². The van der Waals surface area contributed by atoms with Crippen molar-refractivity contribution in [2.75, 3.05) is 13.2 Å². The summed E-state index contributed by atoms with van der Waals surface area (Å²) in [6, 6.07) is 17.4. The predicted octanol–water partition coefficient (Wildman–Crippen LogP) is 4.17. The maximum atomic E-state index is 12.6. The molecule has 0 saturated heterocycles. The van der Waals surface area contributed by atoms with Gasteiger partial charge in [-0.2, -0.15) is 0 Å². The number of rotatable bonds is 9. The molecule has 144 valence electrons. The number of benzene rings is 1. The van der Waals surface area contributed by atoms with Crippen molar-refractivity contribution in [3.63, 3.8) is 0 Å². The topological polar surface area (TPSA) is 59.8 Å². The first-order valence-electron chi connectivity index (χ1n) is 8.93. The van der Waals surface area contributed by atoms with E-state index in [4.69, 9.17) is 9.15 Å². The van der Waals surface area contributed by atoms with E-state index < -0.39 is 5.97 Å². The minimum absolute atomic E-state index is 0.218. The lowest BCUT2D eigenvalue weighted by Gasteiger charge is -2.22. The summed E-state index contributed by atoms with van der Waals surface area (Å²) >= 11 is 1.60. The van der Waals surface area contributed by atoms with Gasteiger partial charge in [0.1, 0.15) is 5.76 Å². The minimum atomic E-state index is -0.580. The zero-order valence-electron chi connectivity index (χ0n) is 15.3. The number of amides is 1. The molecule has 0 aliphatic carbocycles. The highest BCUT2D eigenvalue weighted by Crippen LogP contribution is 2.13. The Balaban J connectivity index is 1.55. The van der Waals surface area contributed by atoms with Crippen molar-refractivity contribution in [1.82, 2.24) is 4.90 Å². The van der Waals surface area contributed by atoms with E-state index in [0.29, 0.717) is 18.8 Å². The monoisotopic (exact) mass is 395 g/mol. The van der Waals surface area contributed by atoms with Crippen LogP contribution >= 0.6 is 11.3 Å². The average molecular weight is 395 g/mol. The number of nitrogens with zero attached hydrogens (tertiary/aromatic N) is 1. The van der Waals surface area contributed by atoms with Crippen LogP contribution in [0.25, 0.3) is 6.08 Å². The Bertz CT molecular complexity index is 886. The van der Waals surface area contributed by atoms with E-state index in [2.05, 4.69) is 0 Å². The van der Waals surface area contributed by atoms with Gasteiger partial charge < -0.3 is 14.1 Å². The van der Waals surface area contributed by atoms with Crippen LogP contribution in [0, 0.1) is 0 Å². The minimum Gasteiger partial charge on any atom is -0.465 e. The van der Waals surface area contributed by atoms with E-state index in [1.807, 2.05) is 47.8 Å². The fourth-order valence-corrected chi connectivity index (χ4v) is 3.32. The lowest BCUT2D eigenvalue weighted by Crippen LogP contribution is -2.35. The van der Waals surface area contributed by atoms with Crippen LogP contribution in [0.5, 0.6) is 0 Å². The van der Waals surface area contributed by atoms with Crippen molar-refractivity contribution in [2.24, 2.45) is 0 Å². The van der Waals surface area contributed by atoms with Crippen LogP contribution in [-0.2, 0) is 27.3 Å². The standard InChI is InChI=1S/C22H21NO4S/c24-21(17-27-22(25)11-10-19-8-4-14-26-19)23(16-20-9-5-15-28-20)13-12-18-6-2-1-3-7-18/h1-11,14-15H,12-13,16-17H2/b11-10+. The largest absolute Gasteiger partial charge is 0.465 e. The molecule has 2 heterocycles. The van der Waals surface area contributed by atoms with Gasteiger partial charge in [0.15, 0.2) is 6.61 Å². The number of carbonyl (C=O) groups excluding carboxylic acids is 2. The molecule has 0 unspecified atom stereocenters. The Morgan fingerprint density at radius 2 is 1.93 bits per heavy atom. The molecule has 5 nitrogen and oxygen atoms in total. The van der Waals surface area contributed by atoms with E-state index in [9.17, 15) is 9.59 Å². The highest BCUT2D eigenvalue weighted by Gasteiger charge is 2.16. The highest BCUT2D eigenvalue weighted by molar-refractivity contribution is 7.09. The van der Waals surface area contributed by atoms with Gasteiger partial charge in [0.2, 0.25) is 0 Å². The summed E-state index contributed by atoms with van der Waals surface area (Å²) in [6.45, 7) is 0.769. The molecule has 0 bridgehead atoms. The molecular formula is C22H21NO4S. The normalized spacial score (nSPS) is 10.9. The van der Waals surface area contributed by atoms with Gasteiger partial charge in [0.25, 0.3) is 5.91 Å². The number of ether oxygens (including phenoxy) is 1. The lowest BCUT2D eigenvalue weighted by molar-refractivity contribution is -0.148. The van der Waals surface area contributed by atoms with E-state index in [1.165, 1.54) is 18.4 Å². The second-order valence-corrected chi connectivity index (χ2v) is 7.12. The quantitative estimate of drug-likeness (QED) is 0.403. The zero-order valence-corrected chi connectivity index (χ0v) is 16.1. The Morgan fingerprint density at radius 1 is 1.07 bits per heavy atom. The maximum absolute atomic E-state index is 12.6. The molecule has 1 aromatic carbocycles. The zero-order chi connectivity index (χ0) is 19.6. The van der Waals surface area contributed by atoms with E-state index in [-0.39, 0.29) is 12.5 Å². The molecule has 28 heavy (non-hydrogen) atoms. The number of hydrogen-bond donors (Lipinski definition) is 0. The van der Waals surface area contributed by atoms with Gasteiger partial charge >= 0.3 is 5.97 Å². The van der Waals surface area contributed by atoms with Gasteiger partial charge in [-0.15, -0.1) is 11.3 Å². The van der Waals surface area contributed by atoms with Crippen molar-refractivity contribution in [3.05, 3.63) is 88.5 Å². The van der Waals surface area contributed by atoms with Crippen molar-refractivity contribution in [2.45, 2.75) is 13.0 Å². The lowest BCUT2D eigenvalue weighted by atomic mass is 10.1. The second kappa shape index (κ2) is 10.3. The number of furan rings is 1. The van der Waals surface area contributed by atoms with Crippen LogP contribution in [0.4, 0.5) is 0 Å². The third-order valence-corrected chi connectivity index (χ3v) is 4.92. The molecule has 2 aromatic heterocycles. The molecule has 0 N–H and O–H groups in total. The molecule has 0 aliphatic rings. The molecule has 0 aliphatic heterocycles. The van der Waals surface area contributed by atoms with Gasteiger partial charge in [-0.25, -0.2) is 4.79 Å². The molecule has 1 amide bonds. The summed E-state index contributed by atoms with van der Waals surface area (Å²) in [4.78, 5) is 27.3. The maximum Gasteiger partial charge on any atom is 0.331 e. The molecule has 0 fully saturated rings. The van der Waals surface area contributed by atoms with Crippen LogP contribution in [0.3, 0.4) is 0 Å². The van der Waals surface area contributed by atoms with Crippen molar-refractivity contribution in [1.29, 1.82) is 0 Å². The highest BCUT2D eigenvalue weighted by atomic mass is 32.1. The van der Waals surface area contributed by atoms with Gasteiger partial charge in [0.05, 0.1) is 12.8 Å². The summed E-state index contributed by atoms with van der Waals surface area (Å²) < 4.78 is 10.2. The number of esters is 1. The molecule has 0 atom stereocenters. The van der Waals surface area contributed by atoms with Crippen LogP contribution in [0.1, 0.15) is 16.2 Å². The Labute approximate surface area is 167 Å². The van der Waals surface area contributed by atoms with E-state index in [1.54, 1.807) is 28.4 Å². The predicted molar refractivity (Wildman–Crippen MR) is 109 cm³/mol. The first-order chi connectivity index (χ1) is 13.7. The van der Waals surface area contributed by atoms with Crippen LogP contribution in [0.2, 0.25) is 0 Å². The SMILES string of the molecule is O=C(/C=C/c1ccco1)OCC(=O)N(CCc1ccccc1)Cc1cccs1. The Morgan fingerprint density at radius 3 is 2.64 bits per heavy atom. The van der Waals surface area contributed by atoms with Gasteiger partial charge in [-0.3, -0.25) is 4.79 Å². The van der Waals surface area contributed by atoms with Gasteiger partial charge in [-0.05, 0) is 41.6 Å². The number of thiophene rings is 1. The van der Waals surface area contributed by atoms with Gasteiger partial charge in [-0.1, -0.05) is 36.4 Å². The third-order valence-electron chi connectivity index (χ3n) is 4.06. The molecule has 0 spiro atoms. The fraction of sp³-hybridized carbons (Fsp3) is 0.182. The van der Waals surface area contributed by atoms with Crippen LogP contribution in [-0.4, -0.2) is 29.9 Å². The molecule has 0 saturated carbocycles. The first-order valence-corrected chi connectivity index (χ1v) is 9.81. The molecule has 0 radical (unpaired) electrons. The first kappa shape index (κ1) is 19.6. The van der Waals surface area contributed by atoms with Crippen molar-refractivity contribution in [3.8, 4) is 0 Å². The summed E-state index contributed by atoms with van der Waals surface area (Å²) in [7, 11) is 0. The number of hydrogen-bond acceptors (Lipinski definition) is 5. The smallest absolute Gasteiger partial charge is 0.331 e. The van der Waals surface area contributed by atoms with Crippen molar-refractivity contribution >= 4 is 29.3 Å². The van der Waals surface area contributed by atoms with E-state index in [0.717, 1.165) is 16.9 Å². The van der Waals surface area contributed by atoms with Crippen molar-refractivity contribution < 1.29 is 18.7 Å². The molecule has 3 aromatic rings. The molecule has 6 heteroatoms. The Hall–Kier alpha value is -3.12. The summed E-state index contributed by atoms with van der Waals surface area (Å²) in [5, 5.41) is 1.98. The molecule has 3 rings (SSSR count). The van der Waals surface area contributed by atoms with Gasteiger partial charge in [0, 0.05) is 17.5 Å².